The average molecular weight is 444 g/mol. The smallest absolute Gasteiger partial charge is 0.241 e. The number of benzene rings is 1. The number of amides is 2. The van der Waals surface area contributed by atoms with Crippen LogP contribution in [0.25, 0.3) is 0 Å². The van der Waals surface area contributed by atoms with Crippen LogP contribution in [0, 0.1) is 5.92 Å². The number of piperidine rings is 1. The second kappa shape index (κ2) is 9.42. The van der Waals surface area contributed by atoms with Gasteiger partial charge in [0.15, 0.2) is 0 Å². The Balaban J connectivity index is 1.61. The molecule has 0 saturated carbocycles. The van der Waals surface area contributed by atoms with Gasteiger partial charge in [-0.25, -0.2) is 8.42 Å². The summed E-state index contributed by atoms with van der Waals surface area (Å²) in [5, 5.41) is 0.428. The van der Waals surface area contributed by atoms with Crippen molar-refractivity contribution < 1.29 is 22.7 Å². The van der Waals surface area contributed by atoms with Gasteiger partial charge in [0, 0.05) is 31.2 Å². The molecule has 2 amide bonds. The van der Waals surface area contributed by atoms with Crippen LogP contribution in [0.5, 0.6) is 0 Å². The Bertz CT molecular complexity index is 840. The van der Waals surface area contributed by atoms with Crippen LogP contribution >= 0.6 is 11.6 Å². The van der Waals surface area contributed by atoms with Crippen molar-refractivity contribution in [2.45, 2.75) is 30.7 Å². The van der Waals surface area contributed by atoms with Gasteiger partial charge in [-0.05, 0) is 44.0 Å². The number of nitrogens with zero attached hydrogens (tertiary/aromatic N) is 2. The van der Waals surface area contributed by atoms with Gasteiger partial charge in [-0.1, -0.05) is 11.6 Å². The Morgan fingerprint density at radius 3 is 2.45 bits per heavy atom. The number of carbonyl (C=O) groups excluding carboxylic acids is 2. The third-order valence-electron chi connectivity index (χ3n) is 5.23. The van der Waals surface area contributed by atoms with Crippen molar-refractivity contribution in [3.05, 3.63) is 29.3 Å². The fourth-order valence-electron chi connectivity index (χ4n) is 3.66. The predicted molar refractivity (Wildman–Crippen MR) is 108 cm³/mol. The van der Waals surface area contributed by atoms with Gasteiger partial charge >= 0.3 is 0 Å². The van der Waals surface area contributed by atoms with Gasteiger partial charge in [0.25, 0.3) is 0 Å². The van der Waals surface area contributed by atoms with Crippen molar-refractivity contribution in [1.29, 1.82) is 0 Å². The molecule has 1 aromatic carbocycles. The van der Waals surface area contributed by atoms with Gasteiger partial charge in [0.1, 0.15) is 0 Å². The minimum Gasteiger partial charge on any atom is -0.378 e. The van der Waals surface area contributed by atoms with Gasteiger partial charge in [-0.15, -0.1) is 0 Å². The van der Waals surface area contributed by atoms with Crippen molar-refractivity contribution >= 4 is 33.4 Å². The zero-order valence-electron chi connectivity index (χ0n) is 16.3. The fraction of sp³-hybridized carbons (Fsp3) is 0.579. The Hall–Kier alpha value is -1.68. The highest BCUT2D eigenvalue weighted by Crippen LogP contribution is 2.21. The number of likely N-dealkylation sites (tertiary alicyclic amines) is 1. The maximum absolute atomic E-state index is 12.8. The number of ether oxygens (including phenoxy) is 1. The third kappa shape index (κ3) is 5.48. The Morgan fingerprint density at radius 1 is 1.14 bits per heavy atom. The summed E-state index contributed by atoms with van der Waals surface area (Å²) in [7, 11) is -3.85. The number of nitrogens with one attached hydrogen (secondary N) is 1. The minimum absolute atomic E-state index is 0.0419. The normalized spacial score (nSPS) is 21.7. The highest BCUT2D eigenvalue weighted by atomic mass is 35.5. The monoisotopic (exact) mass is 443 g/mol. The van der Waals surface area contributed by atoms with Crippen LogP contribution in [-0.2, 0) is 24.3 Å². The first kappa shape index (κ1) is 22.0. The number of hydrogen-bond acceptors (Lipinski definition) is 5. The van der Waals surface area contributed by atoms with Gasteiger partial charge in [-0.3, -0.25) is 9.59 Å². The molecule has 0 spiro atoms. The van der Waals surface area contributed by atoms with Crippen LogP contribution in [0.3, 0.4) is 0 Å². The van der Waals surface area contributed by atoms with Crippen LogP contribution in [0.2, 0.25) is 5.02 Å². The maximum atomic E-state index is 12.8. The van der Waals surface area contributed by atoms with Crippen molar-refractivity contribution in [3.8, 4) is 0 Å². The molecule has 2 atom stereocenters. The fourth-order valence-corrected chi connectivity index (χ4v) is 4.98. The standard InChI is InChI=1S/C19H26ClN3O5S/c1-14(21-29(26,27)17-6-4-16(20)5-7-17)18(24)23-8-2-3-15(13-23)19(25)22-9-11-28-12-10-22/h4-7,14-15,21H,2-3,8-13H2,1H3/t14-,15?/m0/s1. The topological polar surface area (TPSA) is 96.0 Å². The van der Waals surface area contributed by atoms with E-state index in [0.717, 1.165) is 6.42 Å². The van der Waals surface area contributed by atoms with Crippen molar-refractivity contribution in [2.75, 3.05) is 39.4 Å². The van der Waals surface area contributed by atoms with E-state index in [4.69, 9.17) is 16.3 Å². The van der Waals surface area contributed by atoms with E-state index in [1.807, 2.05) is 0 Å². The molecule has 8 nitrogen and oxygen atoms in total. The molecule has 1 N–H and O–H groups in total. The summed E-state index contributed by atoms with van der Waals surface area (Å²) in [4.78, 5) is 29.0. The number of hydrogen-bond donors (Lipinski definition) is 1. The second-order valence-electron chi connectivity index (χ2n) is 7.36. The lowest BCUT2D eigenvalue weighted by molar-refractivity contribution is -0.144. The number of halogens is 1. The van der Waals surface area contributed by atoms with Gasteiger partial charge < -0.3 is 14.5 Å². The zero-order valence-corrected chi connectivity index (χ0v) is 17.9. The number of morpholine rings is 1. The molecule has 1 unspecified atom stereocenters. The van der Waals surface area contributed by atoms with Gasteiger partial charge in [0.05, 0.1) is 30.1 Å². The third-order valence-corrected chi connectivity index (χ3v) is 7.04. The molecule has 29 heavy (non-hydrogen) atoms. The highest BCUT2D eigenvalue weighted by molar-refractivity contribution is 7.89. The number of rotatable bonds is 5. The Morgan fingerprint density at radius 2 is 1.79 bits per heavy atom. The summed E-state index contributed by atoms with van der Waals surface area (Å²) in [5.74, 6) is -0.548. The summed E-state index contributed by atoms with van der Waals surface area (Å²) in [5.41, 5.74) is 0. The molecule has 2 aliphatic rings. The zero-order chi connectivity index (χ0) is 21.0. The first-order valence-corrected chi connectivity index (χ1v) is 11.6. The van der Waals surface area contributed by atoms with E-state index in [9.17, 15) is 18.0 Å². The maximum Gasteiger partial charge on any atom is 0.241 e. The summed E-state index contributed by atoms with van der Waals surface area (Å²) >= 11 is 5.80. The van der Waals surface area contributed by atoms with Crippen LogP contribution < -0.4 is 4.72 Å². The first-order chi connectivity index (χ1) is 13.8. The molecule has 0 radical (unpaired) electrons. The summed E-state index contributed by atoms with van der Waals surface area (Å²) < 4.78 is 32.8. The van der Waals surface area contributed by atoms with E-state index < -0.39 is 16.1 Å². The van der Waals surface area contributed by atoms with E-state index in [1.54, 1.807) is 9.80 Å². The molecule has 2 saturated heterocycles. The van der Waals surface area contributed by atoms with Crippen LogP contribution in [0.4, 0.5) is 0 Å². The summed E-state index contributed by atoms with van der Waals surface area (Å²) in [6.45, 7) is 4.54. The van der Waals surface area contributed by atoms with E-state index >= 15 is 0 Å². The quantitative estimate of drug-likeness (QED) is 0.735. The van der Waals surface area contributed by atoms with E-state index in [2.05, 4.69) is 4.72 Å². The van der Waals surface area contributed by atoms with Crippen molar-refractivity contribution in [3.63, 3.8) is 0 Å². The molecule has 0 bridgehead atoms. The Labute approximate surface area is 176 Å². The van der Waals surface area contributed by atoms with Gasteiger partial charge in [-0.2, -0.15) is 4.72 Å². The molecule has 2 heterocycles. The molecular weight excluding hydrogens is 418 g/mol. The largest absolute Gasteiger partial charge is 0.378 e. The SMILES string of the molecule is C[C@H](NS(=O)(=O)c1ccc(Cl)cc1)C(=O)N1CCCC(C(=O)N2CCOCC2)C1. The molecule has 1 aromatic rings. The van der Waals surface area contributed by atoms with Gasteiger partial charge in [0.2, 0.25) is 21.8 Å². The minimum atomic E-state index is -3.85. The lowest BCUT2D eigenvalue weighted by Crippen LogP contribution is -2.53. The molecule has 3 rings (SSSR count). The number of sulfonamides is 1. The molecule has 10 heteroatoms. The molecule has 160 valence electrons. The highest BCUT2D eigenvalue weighted by Gasteiger charge is 2.34. The molecule has 0 aliphatic carbocycles. The van der Waals surface area contributed by atoms with Crippen molar-refractivity contribution in [2.24, 2.45) is 5.92 Å². The number of carbonyl (C=O) groups is 2. The van der Waals surface area contributed by atoms with E-state index in [1.165, 1.54) is 31.2 Å². The second-order valence-corrected chi connectivity index (χ2v) is 9.51. The summed E-state index contributed by atoms with van der Waals surface area (Å²) in [6.07, 6.45) is 1.44. The lowest BCUT2D eigenvalue weighted by Gasteiger charge is -2.37. The first-order valence-electron chi connectivity index (χ1n) is 9.71. The van der Waals surface area contributed by atoms with Crippen LogP contribution in [-0.4, -0.2) is 75.5 Å². The molecular formula is C19H26ClN3O5S. The molecule has 2 fully saturated rings. The van der Waals surface area contributed by atoms with E-state index in [0.29, 0.717) is 50.8 Å². The Kier molecular flexibility index (Phi) is 7.15. The van der Waals surface area contributed by atoms with E-state index in [-0.39, 0.29) is 22.6 Å². The average Bonchev–Trinajstić information content (AvgIpc) is 2.73. The molecule has 0 aromatic heterocycles. The van der Waals surface area contributed by atoms with Crippen LogP contribution in [0.15, 0.2) is 29.2 Å². The van der Waals surface area contributed by atoms with Crippen LogP contribution in [0.1, 0.15) is 19.8 Å². The molecule has 2 aliphatic heterocycles. The summed E-state index contributed by atoms with van der Waals surface area (Å²) in [6, 6.07) is 4.80. The lowest BCUT2D eigenvalue weighted by atomic mass is 9.96. The predicted octanol–water partition coefficient (Wildman–Crippen LogP) is 1.10. The van der Waals surface area contributed by atoms with Crippen molar-refractivity contribution in [1.82, 2.24) is 14.5 Å².